The van der Waals surface area contributed by atoms with Gasteiger partial charge in [0, 0.05) is 10.6 Å². The molecule has 0 aliphatic carbocycles. The number of carbonyl (C=O) groups is 1. The highest BCUT2D eigenvalue weighted by molar-refractivity contribution is 8.93. The Morgan fingerprint density at radius 1 is 1.09 bits per heavy atom. The summed E-state index contributed by atoms with van der Waals surface area (Å²) in [6.07, 6.45) is 0. The number of nitrogens with zero attached hydrogens (tertiary/aromatic N) is 2. The Labute approximate surface area is 142 Å². The molecule has 3 rings (SSSR count). The van der Waals surface area contributed by atoms with Crippen molar-refractivity contribution in [3.63, 3.8) is 0 Å². The van der Waals surface area contributed by atoms with Gasteiger partial charge in [-0.1, -0.05) is 23.7 Å². The van der Waals surface area contributed by atoms with E-state index in [2.05, 4.69) is 0 Å². The molecule has 0 atom stereocenters. The second-order valence-corrected chi connectivity index (χ2v) is 5.13. The minimum Gasteiger partial charge on any atom is -0.336 e. The summed E-state index contributed by atoms with van der Waals surface area (Å²) >= 11 is 5.82. The number of hydrogen-bond acceptors (Lipinski definition) is 3. The van der Waals surface area contributed by atoms with E-state index in [1.54, 1.807) is 28.8 Å². The van der Waals surface area contributed by atoms with Crippen molar-refractivity contribution in [1.82, 2.24) is 9.24 Å². The van der Waals surface area contributed by atoms with Crippen LogP contribution in [0.1, 0.15) is 10.4 Å². The summed E-state index contributed by atoms with van der Waals surface area (Å²) in [7, 11) is 0. The lowest BCUT2D eigenvalue weighted by atomic mass is 10.1. The summed E-state index contributed by atoms with van der Waals surface area (Å²) in [4.78, 5) is 12.3. The number of nitrogen functional groups attached to an aromatic ring is 1. The normalized spacial score (nSPS) is 10.4. The molecular weight excluding hydrogens is 368 g/mol. The van der Waals surface area contributed by atoms with Gasteiger partial charge < -0.3 is 10.4 Å². The van der Waals surface area contributed by atoms with Gasteiger partial charge in [-0.25, -0.2) is 4.68 Å². The Balaban J connectivity index is 0.00000176. The number of nitrogens with two attached hydrogens (primary N) is 1. The monoisotopic (exact) mass is 380 g/mol. The molecule has 22 heavy (non-hydrogen) atoms. The molecule has 3 aromatic rings. The average Bonchev–Trinajstić information content (AvgIpc) is 2.73. The third-order valence-corrected chi connectivity index (χ3v) is 3.64. The van der Waals surface area contributed by atoms with Crippen LogP contribution >= 0.6 is 28.6 Å². The van der Waals surface area contributed by atoms with Crippen molar-refractivity contribution in [3.05, 3.63) is 64.7 Å². The highest BCUT2D eigenvalue weighted by atomic mass is 79.9. The molecule has 5 nitrogen and oxygen atoms in total. The number of imidazole rings is 1. The van der Waals surface area contributed by atoms with Gasteiger partial charge in [0.05, 0.1) is 17.6 Å². The zero-order valence-corrected chi connectivity index (χ0v) is 14.0. The standard InChI is InChI=1S/C15H13ClN4O.BrH/c16-11-7-5-10(6-8-11)14(21)9-19-12-3-1-2-4-13(12)20(18)15(19)17;/h1-8,17H,9,18H2;1H. The van der Waals surface area contributed by atoms with Crippen molar-refractivity contribution in [3.8, 4) is 0 Å². The van der Waals surface area contributed by atoms with Crippen LogP contribution in [0.2, 0.25) is 5.02 Å². The SMILES string of the molecule is Br.N=c1n(N)c2ccccc2n1CC(=O)c1ccc(Cl)cc1. The van der Waals surface area contributed by atoms with Crippen LogP contribution in [0.25, 0.3) is 11.0 Å². The highest BCUT2D eigenvalue weighted by Crippen LogP contribution is 2.13. The molecule has 1 heterocycles. The molecule has 1 aromatic heterocycles. The number of aromatic nitrogens is 2. The van der Waals surface area contributed by atoms with E-state index in [0.717, 1.165) is 5.52 Å². The number of carbonyl (C=O) groups excluding carboxylic acids is 1. The second kappa shape index (κ2) is 6.37. The van der Waals surface area contributed by atoms with Gasteiger partial charge in [-0.3, -0.25) is 10.2 Å². The number of hydrogen-bond donors (Lipinski definition) is 2. The van der Waals surface area contributed by atoms with E-state index < -0.39 is 0 Å². The van der Waals surface area contributed by atoms with Gasteiger partial charge in [0.2, 0.25) is 5.62 Å². The minimum atomic E-state index is -0.0958. The van der Waals surface area contributed by atoms with Crippen molar-refractivity contribution in [1.29, 1.82) is 5.41 Å². The summed E-state index contributed by atoms with van der Waals surface area (Å²) in [6.45, 7) is 0.0607. The fourth-order valence-electron chi connectivity index (χ4n) is 2.29. The number of rotatable bonds is 3. The molecule has 0 fully saturated rings. The van der Waals surface area contributed by atoms with E-state index in [1.807, 2.05) is 24.3 Å². The van der Waals surface area contributed by atoms with Gasteiger partial charge in [-0.2, -0.15) is 0 Å². The average molecular weight is 382 g/mol. The van der Waals surface area contributed by atoms with Crippen LogP contribution in [0, 0.1) is 5.41 Å². The van der Waals surface area contributed by atoms with Crippen molar-refractivity contribution >= 4 is 45.4 Å². The lowest BCUT2D eigenvalue weighted by molar-refractivity contribution is 0.0971. The predicted octanol–water partition coefficient (Wildman–Crippen LogP) is 2.75. The first-order valence-electron chi connectivity index (χ1n) is 6.36. The molecule has 7 heteroatoms. The quantitative estimate of drug-likeness (QED) is 0.540. The molecule has 2 aromatic carbocycles. The molecule has 0 amide bonds. The number of para-hydroxylation sites is 2. The molecule has 0 aliphatic heterocycles. The lowest BCUT2D eigenvalue weighted by Crippen LogP contribution is -2.31. The number of nitrogens with one attached hydrogen (secondary N) is 1. The maximum Gasteiger partial charge on any atom is 0.222 e. The third-order valence-electron chi connectivity index (χ3n) is 3.38. The molecular formula is C15H14BrClN4O. The number of fused-ring (bicyclic) bond motifs is 1. The van der Waals surface area contributed by atoms with Gasteiger partial charge in [0.25, 0.3) is 0 Å². The van der Waals surface area contributed by atoms with E-state index in [0.29, 0.717) is 16.1 Å². The van der Waals surface area contributed by atoms with Gasteiger partial charge in [-0.05, 0) is 36.4 Å². The van der Waals surface area contributed by atoms with Crippen LogP contribution in [0.5, 0.6) is 0 Å². The number of benzene rings is 2. The molecule has 0 aliphatic rings. The maximum absolute atomic E-state index is 12.3. The van der Waals surface area contributed by atoms with Gasteiger partial charge in [-0.15, -0.1) is 17.0 Å². The van der Waals surface area contributed by atoms with Crippen LogP contribution in [-0.4, -0.2) is 15.0 Å². The summed E-state index contributed by atoms with van der Waals surface area (Å²) in [6, 6.07) is 14.1. The third kappa shape index (κ3) is 2.80. The Morgan fingerprint density at radius 2 is 1.68 bits per heavy atom. The molecule has 0 radical (unpaired) electrons. The Hall–Kier alpha value is -2.05. The predicted molar refractivity (Wildman–Crippen MR) is 92.0 cm³/mol. The summed E-state index contributed by atoms with van der Waals surface area (Å²) < 4.78 is 2.86. The number of ketones is 1. The summed E-state index contributed by atoms with van der Waals surface area (Å²) in [5.41, 5.74) is 2.11. The van der Waals surface area contributed by atoms with Crippen LogP contribution in [0.4, 0.5) is 0 Å². The second-order valence-electron chi connectivity index (χ2n) is 4.70. The molecule has 3 N–H and O–H groups in total. The first-order valence-corrected chi connectivity index (χ1v) is 6.74. The topological polar surface area (TPSA) is 76.8 Å². The van der Waals surface area contributed by atoms with Crippen molar-refractivity contribution in [2.45, 2.75) is 6.54 Å². The zero-order chi connectivity index (χ0) is 15.0. The summed E-state index contributed by atoms with van der Waals surface area (Å²) in [5.74, 6) is 5.76. The van der Waals surface area contributed by atoms with Gasteiger partial charge in [0.15, 0.2) is 5.78 Å². The van der Waals surface area contributed by atoms with E-state index in [9.17, 15) is 4.79 Å². The Morgan fingerprint density at radius 3 is 2.32 bits per heavy atom. The Bertz CT molecular complexity index is 883. The maximum atomic E-state index is 12.3. The van der Waals surface area contributed by atoms with Crippen LogP contribution < -0.4 is 11.5 Å². The fraction of sp³-hybridized carbons (Fsp3) is 0.0667. The summed E-state index contributed by atoms with van der Waals surface area (Å²) in [5, 5.41) is 8.62. The van der Waals surface area contributed by atoms with E-state index in [-0.39, 0.29) is 34.9 Å². The van der Waals surface area contributed by atoms with E-state index in [4.69, 9.17) is 22.9 Å². The largest absolute Gasteiger partial charge is 0.336 e. The first-order chi connectivity index (χ1) is 10.1. The first kappa shape index (κ1) is 16.3. The smallest absolute Gasteiger partial charge is 0.222 e. The van der Waals surface area contributed by atoms with E-state index >= 15 is 0 Å². The van der Waals surface area contributed by atoms with Crippen molar-refractivity contribution < 1.29 is 4.79 Å². The molecule has 0 saturated carbocycles. The number of halogens is 2. The van der Waals surface area contributed by atoms with Crippen LogP contribution in [-0.2, 0) is 6.54 Å². The molecule has 0 spiro atoms. The van der Waals surface area contributed by atoms with Crippen LogP contribution in [0.3, 0.4) is 0 Å². The zero-order valence-electron chi connectivity index (χ0n) is 11.5. The Kier molecular flexibility index (Phi) is 4.73. The molecule has 114 valence electrons. The molecule has 0 bridgehead atoms. The molecule has 0 unspecified atom stereocenters. The van der Waals surface area contributed by atoms with Crippen LogP contribution in [0.15, 0.2) is 48.5 Å². The van der Waals surface area contributed by atoms with Gasteiger partial charge >= 0.3 is 0 Å². The van der Waals surface area contributed by atoms with Gasteiger partial charge in [0.1, 0.15) is 0 Å². The highest BCUT2D eigenvalue weighted by Gasteiger charge is 2.13. The van der Waals surface area contributed by atoms with Crippen molar-refractivity contribution in [2.24, 2.45) is 0 Å². The lowest BCUT2D eigenvalue weighted by Gasteiger charge is -2.04. The van der Waals surface area contributed by atoms with Crippen molar-refractivity contribution in [2.75, 3.05) is 5.84 Å². The molecule has 0 saturated heterocycles. The number of Topliss-reactive ketones (excluding diaryl/α,β-unsaturated/α-hetero) is 1. The fourth-order valence-corrected chi connectivity index (χ4v) is 2.41. The minimum absolute atomic E-state index is 0. The van der Waals surface area contributed by atoms with E-state index in [1.165, 1.54) is 4.68 Å².